The molecule has 132 valence electrons. The van der Waals surface area contributed by atoms with Crippen LogP contribution in [0.2, 0.25) is 0 Å². The van der Waals surface area contributed by atoms with Crippen LogP contribution in [0.15, 0.2) is 28.8 Å². The van der Waals surface area contributed by atoms with Gasteiger partial charge in [0.2, 0.25) is 12.0 Å². The third kappa shape index (κ3) is 3.06. The van der Waals surface area contributed by atoms with Gasteiger partial charge in [-0.2, -0.15) is 4.98 Å². The Morgan fingerprint density at radius 1 is 1.16 bits per heavy atom. The number of likely N-dealkylation sites (tertiary alicyclic amines) is 1. The van der Waals surface area contributed by atoms with E-state index in [1.807, 2.05) is 43.0 Å². The Morgan fingerprint density at radius 2 is 1.84 bits per heavy atom. The van der Waals surface area contributed by atoms with Crippen LogP contribution in [0, 0.1) is 6.92 Å². The third-order valence-electron chi connectivity index (χ3n) is 4.78. The summed E-state index contributed by atoms with van der Waals surface area (Å²) >= 11 is 0. The highest BCUT2D eigenvalue weighted by Crippen LogP contribution is 2.34. The van der Waals surface area contributed by atoms with E-state index in [9.17, 15) is 4.79 Å². The van der Waals surface area contributed by atoms with Crippen molar-refractivity contribution in [1.82, 2.24) is 15.0 Å². The molecule has 2 unspecified atom stereocenters. The number of piperidine rings is 1. The van der Waals surface area contributed by atoms with Gasteiger partial charge >= 0.3 is 0 Å². The monoisotopic (exact) mass is 343 g/mol. The zero-order valence-corrected chi connectivity index (χ0v) is 14.3. The minimum Gasteiger partial charge on any atom is -0.482 e. The number of aryl methyl sites for hydroxylation is 1. The Balaban J connectivity index is 1.41. The summed E-state index contributed by atoms with van der Waals surface area (Å²) in [4.78, 5) is 19.0. The van der Waals surface area contributed by atoms with Crippen LogP contribution in [0.1, 0.15) is 37.4 Å². The van der Waals surface area contributed by atoms with Crippen molar-refractivity contribution in [2.45, 2.75) is 44.8 Å². The molecule has 2 atom stereocenters. The number of benzene rings is 1. The van der Waals surface area contributed by atoms with Gasteiger partial charge in [0, 0.05) is 19.0 Å². The molecule has 25 heavy (non-hydrogen) atoms. The van der Waals surface area contributed by atoms with Gasteiger partial charge in [-0.05, 0) is 38.8 Å². The first-order valence-electron chi connectivity index (χ1n) is 8.63. The average Bonchev–Trinajstić information content (AvgIpc) is 3.07. The van der Waals surface area contributed by atoms with E-state index in [-0.39, 0.29) is 17.9 Å². The van der Waals surface area contributed by atoms with Gasteiger partial charge in [-0.15, -0.1) is 0 Å². The first-order chi connectivity index (χ1) is 12.1. The van der Waals surface area contributed by atoms with Gasteiger partial charge in [0.1, 0.15) is 6.10 Å². The standard InChI is InChI=1S/C18H21N3O4/c1-11-16(24-15-6-4-3-5-14(15)23-11)18(22)21-9-7-13(8-10-21)17-19-12(2)20-25-17/h3-6,11,13,16H,7-10H2,1-2H3. The lowest BCUT2D eigenvalue weighted by Crippen LogP contribution is -2.52. The Kier molecular flexibility index (Phi) is 4.07. The zero-order valence-electron chi connectivity index (χ0n) is 14.3. The van der Waals surface area contributed by atoms with Crippen LogP contribution in [0.4, 0.5) is 0 Å². The topological polar surface area (TPSA) is 77.7 Å². The smallest absolute Gasteiger partial charge is 0.267 e. The lowest BCUT2D eigenvalue weighted by atomic mass is 9.96. The van der Waals surface area contributed by atoms with Crippen molar-refractivity contribution < 1.29 is 18.8 Å². The summed E-state index contributed by atoms with van der Waals surface area (Å²) < 4.78 is 17.0. The quantitative estimate of drug-likeness (QED) is 0.833. The first-order valence-corrected chi connectivity index (χ1v) is 8.63. The van der Waals surface area contributed by atoms with E-state index in [0.717, 1.165) is 12.8 Å². The van der Waals surface area contributed by atoms with Gasteiger partial charge in [-0.3, -0.25) is 4.79 Å². The van der Waals surface area contributed by atoms with Gasteiger partial charge in [-0.1, -0.05) is 17.3 Å². The van der Waals surface area contributed by atoms with E-state index in [0.29, 0.717) is 36.3 Å². The van der Waals surface area contributed by atoms with Crippen molar-refractivity contribution in [3.8, 4) is 11.5 Å². The maximum Gasteiger partial charge on any atom is 0.267 e. The van der Waals surface area contributed by atoms with Crippen LogP contribution in [-0.2, 0) is 4.79 Å². The molecule has 7 heteroatoms. The van der Waals surface area contributed by atoms with E-state index in [1.165, 1.54) is 0 Å². The Hall–Kier alpha value is -2.57. The fourth-order valence-corrected chi connectivity index (χ4v) is 3.40. The number of rotatable bonds is 2. The average molecular weight is 343 g/mol. The molecule has 1 fully saturated rings. The van der Waals surface area contributed by atoms with E-state index in [2.05, 4.69) is 10.1 Å². The molecule has 0 bridgehead atoms. The molecule has 7 nitrogen and oxygen atoms in total. The molecule has 1 amide bonds. The van der Waals surface area contributed by atoms with Crippen molar-refractivity contribution in [3.05, 3.63) is 36.0 Å². The molecule has 2 aliphatic rings. The fraction of sp³-hybridized carbons (Fsp3) is 0.500. The van der Waals surface area contributed by atoms with Crippen LogP contribution < -0.4 is 9.47 Å². The maximum absolute atomic E-state index is 12.9. The third-order valence-corrected chi connectivity index (χ3v) is 4.78. The van der Waals surface area contributed by atoms with Gasteiger partial charge in [-0.25, -0.2) is 0 Å². The molecule has 1 aromatic carbocycles. The van der Waals surface area contributed by atoms with Crippen LogP contribution >= 0.6 is 0 Å². The summed E-state index contributed by atoms with van der Waals surface area (Å²) in [5, 5.41) is 3.85. The van der Waals surface area contributed by atoms with Crippen molar-refractivity contribution in [2.24, 2.45) is 0 Å². The molecular weight excluding hydrogens is 322 g/mol. The predicted octanol–water partition coefficient (Wildman–Crippen LogP) is 2.31. The Morgan fingerprint density at radius 3 is 2.48 bits per heavy atom. The number of nitrogens with zero attached hydrogens (tertiary/aromatic N) is 3. The van der Waals surface area contributed by atoms with E-state index in [4.69, 9.17) is 14.0 Å². The summed E-state index contributed by atoms with van der Waals surface area (Å²) in [5.41, 5.74) is 0. The van der Waals surface area contributed by atoms with E-state index >= 15 is 0 Å². The molecule has 1 saturated heterocycles. The zero-order chi connectivity index (χ0) is 17.4. The fourth-order valence-electron chi connectivity index (χ4n) is 3.40. The summed E-state index contributed by atoms with van der Waals surface area (Å²) in [6.45, 7) is 4.98. The molecule has 3 heterocycles. The number of fused-ring (bicyclic) bond motifs is 1. The molecule has 0 saturated carbocycles. The number of carbonyl (C=O) groups excluding carboxylic acids is 1. The molecule has 2 aromatic rings. The Bertz CT molecular complexity index is 767. The summed E-state index contributed by atoms with van der Waals surface area (Å²) in [5.74, 6) is 2.81. The van der Waals surface area contributed by atoms with Crippen LogP contribution in [0.3, 0.4) is 0 Å². The summed E-state index contributed by atoms with van der Waals surface area (Å²) in [6.07, 6.45) is 0.688. The highest BCUT2D eigenvalue weighted by atomic mass is 16.6. The van der Waals surface area contributed by atoms with Crippen molar-refractivity contribution in [1.29, 1.82) is 0 Å². The molecular formula is C18H21N3O4. The highest BCUT2D eigenvalue weighted by molar-refractivity contribution is 5.82. The van der Waals surface area contributed by atoms with Gasteiger partial charge in [0.05, 0.1) is 0 Å². The lowest BCUT2D eigenvalue weighted by molar-refractivity contribution is -0.145. The summed E-state index contributed by atoms with van der Waals surface area (Å²) in [6, 6.07) is 7.44. The van der Waals surface area contributed by atoms with Crippen LogP contribution in [0.5, 0.6) is 11.5 Å². The molecule has 2 aliphatic heterocycles. The van der Waals surface area contributed by atoms with Crippen molar-refractivity contribution >= 4 is 5.91 Å². The minimum absolute atomic E-state index is 0.0258. The number of amides is 1. The molecule has 1 aromatic heterocycles. The second kappa shape index (κ2) is 6.38. The summed E-state index contributed by atoms with van der Waals surface area (Å²) in [7, 11) is 0. The molecule has 0 radical (unpaired) electrons. The van der Waals surface area contributed by atoms with Crippen molar-refractivity contribution in [2.75, 3.05) is 13.1 Å². The van der Waals surface area contributed by atoms with Crippen LogP contribution in [0.25, 0.3) is 0 Å². The van der Waals surface area contributed by atoms with Gasteiger partial charge in [0.15, 0.2) is 17.3 Å². The number of carbonyl (C=O) groups is 1. The largest absolute Gasteiger partial charge is 0.482 e. The maximum atomic E-state index is 12.9. The van der Waals surface area contributed by atoms with Gasteiger partial charge in [0.25, 0.3) is 5.91 Å². The second-order valence-corrected chi connectivity index (χ2v) is 6.59. The minimum atomic E-state index is -0.614. The van der Waals surface area contributed by atoms with Crippen molar-refractivity contribution in [3.63, 3.8) is 0 Å². The molecule has 0 N–H and O–H groups in total. The van der Waals surface area contributed by atoms with Crippen LogP contribution in [-0.4, -0.2) is 46.2 Å². The number of aromatic nitrogens is 2. The molecule has 4 rings (SSSR count). The van der Waals surface area contributed by atoms with Gasteiger partial charge < -0.3 is 18.9 Å². The molecule has 0 aliphatic carbocycles. The predicted molar refractivity (Wildman–Crippen MR) is 88.5 cm³/mol. The number of hydrogen-bond donors (Lipinski definition) is 0. The SMILES string of the molecule is Cc1noc(C2CCN(C(=O)C3Oc4ccccc4OC3C)CC2)n1. The number of hydrogen-bond acceptors (Lipinski definition) is 6. The lowest BCUT2D eigenvalue weighted by Gasteiger charge is -2.37. The molecule has 0 spiro atoms. The first kappa shape index (κ1) is 15.9. The number of para-hydroxylation sites is 2. The number of ether oxygens (including phenoxy) is 2. The Labute approximate surface area is 145 Å². The van der Waals surface area contributed by atoms with E-state index < -0.39 is 6.10 Å². The second-order valence-electron chi connectivity index (χ2n) is 6.59. The normalized spacial score (nSPS) is 23.5. The highest BCUT2D eigenvalue weighted by Gasteiger charge is 2.38. The van der Waals surface area contributed by atoms with E-state index in [1.54, 1.807) is 0 Å².